The molecule has 0 fully saturated rings. The van der Waals surface area contributed by atoms with Gasteiger partial charge in [-0.1, -0.05) is 0 Å². The van der Waals surface area contributed by atoms with Crippen molar-refractivity contribution in [2.24, 2.45) is 0 Å². The third kappa shape index (κ3) is 1.80. The molecule has 0 aliphatic heterocycles. The van der Waals surface area contributed by atoms with Crippen molar-refractivity contribution in [3.63, 3.8) is 0 Å². The molecule has 17 heavy (non-hydrogen) atoms. The molecule has 1 aromatic carbocycles. The summed E-state index contributed by atoms with van der Waals surface area (Å²) >= 11 is 0. The largest absolute Gasteiger partial charge is 0.496 e. The van der Waals surface area contributed by atoms with Crippen molar-refractivity contribution in [1.82, 2.24) is 0 Å². The molecule has 4 heteroatoms. The number of aryl methyl sites for hydroxylation is 1. The monoisotopic (exact) mass is 234 g/mol. The number of fused-ring (bicyclic) bond motifs is 1. The first kappa shape index (κ1) is 11.7. The fourth-order valence-corrected chi connectivity index (χ4v) is 1.83. The highest BCUT2D eigenvalue weighted by Gasteiger charge is 2.11. The fourth-order valence-electron chi connectivity index (χ4n) is 1.83. The van der Waals surface area contributed by atoms with E-state index in [0.29, 0.717) is 22.5 Å². The minimum atomic E-state index is -0.339. The maximum atomic E-state index is 11.6. The van der Waals surface area contributed by atoms with Gasteiger partial charge in [0, 0.05) is 22.6 Å². The molecule has 0 atom stereocenters. The van der Waals surface area contributed by atoms with Crippen LogP contribution in [-0.4, -0.2) is 12.2 Å². The van der Waals surface area contributed by atoms with Crippen molar-refractivity contribution >= 4 is 11.0 Å². The summed E-state index contributed by atoms with van der Waals surface area (Å²) in [6.07, 6.45) is 0. The standard InChI is InChI=1S/C13H14O4/c1-7-8(2)13(15)17-12-5-11(16-3)9(6-14)4-10(7)12/h4-5,14H,6H2,1-3H3. The van der Waals surface area contributed by atoms with Crippen LogP contribution in [0.1, 0.15) is 16.7 Å². The molecule has 90 valence electrons. The van der Waals surface area contributed by atoms with Gasteiger partial charge in [0.05, 0.1) is 13.7 Å². The molecule has 1 N–H and O–H groups in total. The third-order valence-electron chi connectivity index (χ3n) is 3.03. The maximum Gasteiger partial charge on any atom is 0.339 e. The van der Waals surface area contributed by atoms with Gasteiger partial charge in [0.15, 0.2) is 0 Å². The molecule has 0 aliphatic rings. The number of rotatable bonds is 2. The summed E-state index contributed by atoms with van der Waals surface area (Å²) in [6, 6.07) is 3.42. The van der Waals surface area contributed by atoms with Crippen molar-refractivity contribution in [3.05, 3.63) is 39.2 Å². The number of methoxy groups -OCH3 is 1. The van der Waals surface area contributed by atoms with E-state index in [4.69, 9.17) is 9.15 Å². The van der Waals surface area contributed by atoms with Gasteiger partial charge in [0.2, 0.25) is 0 Å². The normalized spacial score (nSPS) is 10.8. The predicted molar refractivity (Wildman–Crippen MR) is 64.4 cm³/mol. The molecule has 0 saturated carbocycles. The molecule has 2 rings (SSSR count). The third-order valence-corrected chi connectivity index (χ3v) is 3.03. The van der Waals surface area contributed by atoms with Crippen LogP contribution < -0.4 is 10.4 Å². The molecule has 4 nitrogen and oxygen atoms in total. The Balaban J connectivity index is 2.88. The zero-order valence-electron chi connectivity index (χ0n) is 10.0. The van der Waals surface area contributed by atoms with Crippen LogP contribution in [0.3, 0.4) is 0 Å². The predicted octanol–water partition coefficient (Wildman–Crippen LogP) is 1.91. The highest BCUT2D eigenvalue weighted by molar-refractivity contribution is 5.83. The van der Waals surface area contributed by atoms with Crippen LogP contribution in [0.5, 0.6) is 5.75 Å². The molecule has 0 bridgehead atoms. The van der Waals surface area contributed by atoms with E-state index in [9.17, 15) is 9.90 Å². The summed E-state index contributed by atoms with van der Waals surface area (Å²) in [5, 5.41) is 10.1. The molecular formula is C13H14O4. The number of aliphatic hydroxyl groups is 1. The first-order valence-electron chi connectivity index (χ1n) is 5.30. The quantitative estimate of drug-likeness (QED) is 0.806. The molecule has 0 radical (unpaired) electrons. The Morgan fingerprint density at radius 2 is 2.00 bits per heavy atom. The summed E-state index contributed by atoms with van der Waals surface area (Å²) in [6.45, 7) is 3.47. The minimum Gasteiger partial charge on any atom is -0.496 e. The summed E-state index contributed by atoms with van der Waals surface area (Å²) < 4.78 is 10.3. The van der Waals surface area contributed by atoms with Gasteiger partial charge in [-0.2, -0.15) is 0 Å². The van der Waals surface area contributed by atoms with Gasteiger partial charge < -0.3 is 14.3 Å². The maximum absolute atomic E-state index is 11.6. The number of ether oxygens (including phenoxy) is 1. The van der Waals surface area contributed by atoms with Crippen molar-refractivity contribution in [1.29, 1.82) is 0 Å². The molecule has 0 saturated heterocycles. The molecule has 0 amide bonds. The van der Waals surface area contributed by atoms with Crippen LogP contribution >= 0.6 is 0 Å². The van der Waals surface area contributed by atoms with Crippen molar-refractivity contribution < 1.29 is 14.3 Å². The highest BCUT2D eigenvalue weighted by Crippen LogP contribution is 2.28. The van der Waals surface area contributed by atoms with Crippen LogP contribution in [0, 0.1) is 13.8 Å². The number of hydrogen-bond acceptors (Lipinski definition) is 4. The molecular weight excluding hydrogens is 220 g/mol. The summed E-state index contributed by atoms with van der Waals surface area (Å²) in [7, 11) is 1.51. The average Bonchev–Trinajstić information content (AvgIpc) is 2.34. The Bertz CT molecular complexity index is 625. The van der Waals surface area contributed by atoms with E-state index in [2.05, 4.69) is 0 Å². The van der Waals surface area contributed by atoms with Gasteiger partial charge in [0.25, 0.3) is 0 Å². The van der Waals surface area contributed by atoms with E-state index in [0.717, 1.165) is 10.9 Å². The summed E-state index contributed by atoms with van der Waals surface area (Å²) in [4.78, 5) is 11.6. The lowest BCUT2D eigenvalue weighted by Crippen LogP contribution is -2.06. The van der Waals surface area contributed by atoms with E-state index in [1.54, 1.807) is 19.1 Å². The molecule has 1 aromatic heterocycles. The first-order valence-corrected chi connectivity index (χ1v) is 5.30. The van der Waals surface area contributed by atoms with Crippen LogP contribution in [0.25, 0.3) is 11.0 Å². The summed E-state index contributed by atoms with van der Waals surface area (Å²) in [5.41, 5.74) is 2.28. The first-order chi connectivity index (χ1) is 8.08. The van der Waals surface area contributed by atoms with Gasteiger partial charge in [-0.25, -0.2) is 4.79 Å². The van der Waals surface area contributed by atoms with Gasteiger partial charge in [-0.05, 0) is 25.5 Å². The molecule has 2 aromatic rings. The number of hydrogen-bond donors (Lipinski definition) is 1. The lowest BCUT2D eigenvalue weighted by molar-refractivity contribution is 0.274. The molecule has 0 aliphatic carbocycles. The van der Waals surface area contributed by atoms with E-state index in [1.165, 1.54) is 7.11 Å². The zero-order chi connectivity index (χ0) is 12.6. The topological polar surface area (TPSA) is 59.7 Å². The second-order valence-electron chi connectivity index (χ2n) is 3.96. The van der Waals surface area contributed by atoms with E-state index in [1.807, 2.05) is 6.92 Å². The highest BCUT2D eigenvalue weighted by atomic mass is 16.5. The fraction of sp³-hybridized carbons (Fsp3) is 0.308. The minimum absolute atomic E-state index is 0.114. The Labute approximate surface area is 98.4 Å². The average molecular weight is 234 g/mol. The van der Waals surface area contributed by atoms with E-state index in [-0.39, 0.29) is 12.2 Å². The number of aliphatic hydroxyl groups excluding tert-OH is 1. The van der Waals surface area contributed by atoms with Crippen LogP contribution in [0.15, 0.2) is 21.3 Å². The molecule has 1 heterocycles. The smallest absolute Gasteiger partial charge is 0.339 e. The SMILES string of the molecule is COc1cc2oc(=O)c(C)c(C)c2cc1CO. The summed E-state index contributed by atoms with van der Waals surface area (Å²) in [5.74, 6) is 0.520. The van der Waals surface area contributed by atoms with Gasteiger partial charge >= 0.3 is 5.63 Å². The second-order valence-corrected chi connectivity index (χ2v) is 3.96. The van der Waals surface area contributed by atoms with Crippen molar-refractivity contribution in [2.75, 3.05) is 7.11 Å². The van der Waals surface area contributed by atoms with Crippen LogP contribution in [-0.2, 0) is 6.61 Å². The zero-order valence-corrected chi connectivity index (χ0v) is 10.0. The number of benzene rings is 1. The van der Waals surface area contributed by atoms with Gasteiger partial charge in [0.1, 0.15) is 11.3 Å². The van der Waals surface area contributed by atoms with E-state index < -0.39 is 0 Å². The van der Waals surface area contributed by atoms with Gasteiger partial charge in [-0.3, -0.25) is 0 Å². The lowest BCUT2D eigenvalue weighted by Gasteiger charge is -2.10. The van der Waals surface area contributed by atoms with Crippen molar-refractivity contribution in [3.8, 4) is 5.75 Å². The van der Waals surface area contributed by atoms with Gasteiger partial charge in [-0.15, -0.1) is 0 Å². The Hall–Kier alpha value is -1.81. The van der Waals surface area contributed by atoms with Crippen molar-refractivity contribution in [2.45, 2.75) is 20.5 Å². The Morgan fingerprint density at radius 3 is 2.59 bits per heavy atom. The molecule has 0 spiro atoms. The Kier molecular flexibility index (Phi) is 2.90. The van der Waals surface area contributed by atoms with Crippen LogP contribution in [0.2, 0.25) is 0 Å². The van der Waals surface area contributed by atoms with E-state index >= 15 is 0 Å². The van der Waals surface area contributed by atoms with Crippen LogP contribution in [0.4, 0.5) is 0 Å². The Morgan fingerprint density at radius 1 is 1.29 bits per heavy atom. The second kappa shape index (κ2) is 4.22. The molecule has 0 unspecified atom stereocenters. The lowest BCUT2D eigenvalue weighted by atomic mass is 10.0.